The zero-order valence-corrected chi connectivity index (χ0v) is 10.00. The lowest BCUT2D eigenvalue weighted by Crippen LogP contribution is -2.24. The maximum atomic E-state index is 11.6. The van der Waals surface area contributed by atoms with Crippen molar-refractivity contribution >= 4 is 0 Å². The minimum absolute atomic E-state index is 0.114. The van der Waals surface area contributed by atoms with Gasteiger partial charge in [-0.3, -0.25) is 4.57 Å². The van der Waals surface area contributed by atoms with Crippen LogP contribution in [0.25, 0.3) is 0 Å². The first-order chi connectivity index (χ1) is 8.08. The van der Waals surface area contributed by atoms with E-state index in [-0.39, 0.29) is 12.2 Å². The van der Waals surface area contributed by atoms with Crippen molar-refractivity contribution in [3.8, 4) is 0 Å². The Morgan fingerprint density at radius 1 is 1.35 bits per heavy atom. The first-order valence-corrected chi connectivity index (χ1v) is 5.54. The van der Waals surface area contributed by atoms with Gasteiger partial charge in [0, 0.05) is 19.4 Å². The van der Waals surface area contributed by atoms with Gasteiger partial charge in [-0.2, -0.15) is 0 Å². The van der Waals surface area contributed by atoms with Crippen molar-refractivity contribution in [3.63, 3.8) is 0 Å². The van der Waals surface area contributed by atoms with Crippen LogP contribution in [-0.4, -0.2) is 14.2 Å². The molecule has 1 aromatic carbocycles. The summed E-state index contributed by atoms with van der Waals surface area (Å²) in [4.78, 5) is 11.6. The average Bonchev–Trinajstić information content (AvgIpc) is 2.61. The highest BCUT2D eigenvalue weighted by Gasteiger charge is 2.10. The molecule has 0 aliphatic carbocycles. The SMILES string of the molecule is Cc1cccc(C(O)Cn2ccn(C)c2=O)c1. The molecule has 90 valence electrons. The quantitative estimate of drug-likeness (QED) is 0.865. The number of hydrogen-bond donors (Lipinski definition) is 1. The Hall–Kier alpha value is -1.81. The van der Waals surface area contributed by atoms with Gasteiger partial charge in [0.05, 0.1) is 12.6 Å². The lowest BCUT2D eigenvalue weighted by atomic mass is 10.1. The Bertz CT molecular complexity index is 569. The van der Waals surface area contributed by atoms with Crippen LogP contribution in [0.15, 0.2) is 41.5 Å². The predicted octanol–water partition coefficient (Wildman–Crippen LogP) is 1.23. The molecular weight excluding hydrogens is 216 g/mol. The first kappa shape index (κ1) is 11.7. The van der Waals surface area contributed by atoms with Gasteiger partial charge in [0.1, 0.15) is 0 Å². The van der Waals surface area contributed by atoms with Crippen LogP contribution >= 0.6 is 0 Å². The van der Waals surface area contributed by atoms with E-state index in [0.717, 1.165) is 11.1 Å². The second kappa shape index (κ2) is 4.59. The molecule has 0 bridgehead atoms. The van der Waals surface area contributed by atoms with Crippen molar-refractivity contribution < 1.29 is 5.11 Å². The van der Waals surface area contributed by atoms with Crippen LogP contribution in [0.4, 0.5) is 0 Å². The molecule has 2 rings (SSSR count). The van der Waals surface area contributed by atoms with Crippen LogP contribution in [-0.2, 0) is 13.6 Å². The number of aromatic nitrogens is 2. The van der Waals surface area contributed by atoms with Gasteiger partial charge in [-0.1, -0.05) is 29.8 Å². The van der Waals surface area contributed by atoms with Crippen molar-refractivity contribution in [3.05, 3.63) is 58.3 Å². The van der Waals surface area contributed by atoms with E-state index in [1.165, 1.54) is 9.13 Å². The lowest BCUT2D eigenvalue weighted by molar-refractivity contribution is 0.155. The Labute approximate surface area is 99.8 Å². The molecule has 0 aliphatic heterocycles. The molecule has 4 heteroatoms. The number of imidazole rings is 1. The molecule has 2 aromatic rings. The highest BCUT2D eigenvalue weighted by atomic mass is 16.3. The summed E-state index contributed by atoms with van der Waals surface area (Å²) >= 11 is 0. The van der Waals surface area contributed by atoms with E-state index in [1.807, 2.05) is 31.2 Å². The number of aliphatic hydroxyl groups is 1. The minimum Gasteiger partial charge on any atom is -0.387 e. The van der Waals surface area contributed by atoms with Crippen LogP contribution in [0.5, 0.6) is 0 Å². The highest BCUT2D eigenvalue weighted by molar-refractivity contribution is 5.23. The molecule has 1 aromatic heterocycles. The van der Waals surface area contributed by atoms with Crippen molar-refractivity contribution in [2.45, 2.75) is 19.6 Å². The van der Waals surface area contributed by atoms with Gasteiger partial charge in [0.2, 0.25) is 0 Å². The number of aryl methyl sites for hydroxylation is 2. The van der Waals surface area contributed by atoms with Gasteiger partial charge in [0.15, 0.2) is 0 Å². The summed E-state index contributed by atoms with van der Waals surface area (Å²) in [6, 6.07) is 7.68. The molecular formula is C13H16N2O2. The molecule has 0 aliphatic rings. The summed E-state index contributed by atoms with van der Waals surface area (Å²) in [6.45, 7) is 2.26. The van der Waals surface area contributed by atoms with E-state index >= 15 is 0 Å². The molecule has 0 fully saturated rings. The predicted molar refractivity (Wildman–Crippen MR) is 65.8 cm³/mol. The third kappa shape index (κ3) is 2.47. The van der Waals surface area contributed by atoms with E-state index in [2.05, 4.69) is 0 Å². The van der Waals surface area contributed by atoms with Gasteiger partial charge in [-0.05, 0) is 12.5 Å². The van der Waals surface area contributed by atoms with Crippen LogP contribution in [0.2, 0.25) is 0 Å². The normalized spacial score (nSPS) is 12.6. The molecule has 17 heavy (non-hydrogen) atoms. The largest absolute Gasteiger partial charge is 0.387 e. The van der Waals surface area contributed by atoms with Crippen LogP contribution in [0.1, 0.15) is 17.2 Å². The Kier molecular flexibility index (Phi) is 3.15. The zero-order chi connectivity index (χ0) is 12.4. The third-order valence-electron chi connectivity index (χ3n) is 2.81. The third-order valence-corrected chi connectivity index (χ3v) is 2.81. The van der Waals surface area contributed by atoms with E-state index in [9.17, 15) is 9.90 Å². The minimum atomic E-state index is -0.657. The number of benzene rings is 1. The Balaban J connectivity index is 2.20. The van der Waals surface area contributed by atoms with E-state index in [0.29, 0.717) is 0 Å². The fraction of sp³-hybridized carbons (Fsp3) is 0.308. The Morgan fingerprint density at radius 2 is 2.12 bits per heavy atom. The van der Waals surface area contributed by atoms with E-state index in [4.69, 9.17) is 0 Å². The summed E-state index contributed by atoms with van der Waals surface area (Å²) < 4.78 is 3.00. The second-order valence-electron chi connectivity index (χ2n) is 4.27. The maximum Gasteiger partial charge on any atom is 0.327 e. The number of rotatable bonds is 3. The van der Waals surface area contributed by atoms with E-state index in [1.54, 1.807) is 19.4 Å². The maximum absolute atomic E-state index is 11.6. The highest BCUT2D eigenvalue weighted by Crippen LogP contribution is 2.15. The standard InChI is InChI=1S/C13H16N2O2/c1-10-4-3-5-11(8-10)12(16)9-15-7-6-14(2)13(15)17/h3-8,12,16H,9H2,1-2H3. The van der Waals surface area contributed by atoms with Gasteiger partial charge < -0.3 is 9.67 Å². The van der Waals surface area contributed by atoms with Gasteiger partial charge in [-0.25, -0.2) is 4.79 Å². The smallest absolute Gasteiger partial charge is 0.327 e. The second-order valence-corrected chi connectivity index (χ2v) is 4.27. The molecule has 0 saturated heterocycles. The molecule has 0 radical (unpaired) electrons. The number of nitrogens with zero attached hydrogens (tertiary/aromatic N) is 2. The molecule has 1 unspecified atom stereocenters. The van der Waals surface area contributed by atoms with Crippen molar-refractivity contribution in [2.24, 2.45) is 7.05 Å². The van der Waals surface area contributed by atoms with Gasteiger partial charge in [-0.15, -0.1) is 0 Å². The zero-order valence-electron chi connectivity index (χ0n) is 10.00. The molecule has 0 spiro atoms. The summed E-state index contributed by atoms with van der Waals surface area (Å²) in [7, 11) is 1.69. The molecule has 1 heterocycles. The summed E-state index contributed by atoms with van der Waals surface area (Å²) in [5, 5.41) is 10.1. The first-order valence-electron chi connectivity index (χ1n) is 5.54. The fourth-order valence-corrected chi connectivity index (χ4v) is 1.82. The fourth-order valence-electron chi connectivity index (χ4n) is 1.82. The monoisotopic (exact) mass is 232 g/mol. The van der Waals surface area contributed by atoms with Crippen LogP contribution in [0, 0.1) is 6.92 Å². The van der Waals surface area contributed by atoms with Crippen molar-refractivity contribution in [1.82, 2.24) is 9.13 Å². The number of hydrogen-bond acceptors (Lipinski definition) is 2. The summed E-state index contributed by atoms with van der Waals surface area (Å²) in [5.74, 6) is 0. The van der Waals surface area contributed by atoms with Gasteiger partial charge >= 0.3 is 5.69 Å². The molecule has 0 saturated carbocycles. The number of aliphatic hydroxyl groups excluding tert-OH is 1. The summed E-state index contributed by atoms with van der Waals surface area (Å²) in [6.07, 6.45) is 2.71. The molecule has 0 amide bonds. The summed E-state index contributed by atoms with van der Waals surface area (Å²) in [5.41, 5.74) is 1.82. The average molecular weight is 232 g/mol. The topological polar surface area (TPSA) is 47.2 Å². The van der Waals surface area contributed by atoms with Crippen LogP contribution in [0.3, 0.4) is 0 Å². The molecule has 1 atom stereocenters. The van der Waals surface area contributed by atoms with Crippen molar-refractivity contribution in [1.29, 1.82) is 0 Å². The lowest BCUT2D eigenvalue weighted by Gasteiger charge is -2.11. The van der Waals surface area contributed by atoms with Crippen molar-refractivity contribution in [2.75, 3.05) is 0 Å². The van der Waals surface area contributed by atoms with Crippen LogP contribution < -0.4 is 5.69 Å². The molecule has 4 nitrogen and oxygen atoms in total. The van der Waals surface area contributed by atoms with Gasteiger partial charge in [0.25, 0.3) is 0 Å². The molecule has 1 N–H and O–H groups in total. The van der Waals surface area contributed by atoms with E-state index < -0.39 is 6.10 Å². The Morgan fingerprint density at radius 3 is 2.71 bits per heavy atom.